The molecule has 192 valence electrons. The van der Waals surface area contributed by atoms with E-state index in [2.05, 4.69) is 72.7 Å². The molecule has 0 bridgehead atoms. The highest BCUT2D eigenvalue weighted by Gasteiger charge is 2.43. The van der Waals surface area contributed by atoms with Crippen LogP contribution in [0.3, 0.4) is 0 Å². The quantitative estimate of drug-likeness (QED) is 0.267. The molecule has 1 heterocycles. The number of hydrogen-bond donors (Lipinski definition) is 0. The maximum atomic E-state index is 12.9. The minimum atomic E-state index is -2.11. The third kappa shape index (κ3) is 9.66. The van der Waals surface area contributed by atoms with Crippen LogP contribution in [0.25, 0.3) is 0 Å². The molecule has 6 nitrogen and oxygen atoms in total. The van der Waals surface area contributed by atoms with E-state index >= 15 is 0 Å². The maximum Gasteiger partial charge on any atom is 0.306 e. The molecule has 0 N–H and O–H groups in total. The van der Waals surface area contributed by atoms with E-state index in [1.165, 1.54) is 0 Å². The van der Waals surface area contributed by atoms with Gasteiger partial charge < -0.3 is 18.2 Å². The monoisotopic (exact) mass is 498 g/mol. The fourth-order valence-corrected chi connectivity index (χ4v) is 5.29. The van der Waals surface area contributed by atoms with Crippen LogP contribution < -0.4 is 0 Å². The molecule has 0 spiro atoms. The summed E-state index contributed by atoms with van der Waals surface area (Å²) in [7, 11) is -4.11. The third-order valence-corrected chi connectivity index (χ3v) is 16.1. The predicted molar refractivity (Wildman–Crippen MR) is 141 cm³/mol. The van der Waals surface area contributed by atoms with Gasteiger partial charge in [0.2, 0.25) is 0 Å². The van der Waals surface area contributed by atoms with Crippen LogP contribution in [0.2, 0.25) is 36.3 Å². The van der Waals surface area contributed by atoms with Gasteiger partial charge in [-0.1, -0.05) is 41.5 Å². The zero-order valence-corrected chi connectivity index (χ0v) is 25.5. The zero-order valence-electron chi connectivity index (χ0n) is 23.5. The van der Waals surface area contributed by atoms with E-state index in [9.17, 15) is 4.79 Å². The number of esters is 1. The lowest BCUT2D eigenvalue weighted by atomic mass is 9.98. The summed E-state index contributed by atoms with van der Waals surface area (Å²) >= 11 is 0. The highest BCUT2D eigenvalue weighted by molar-refractivity contribution is 6.74. The molecule has 8 heteroatoms. The van der Waals surface area contributed by atoms with Gasteiger partial charge in [-0.25, -0.2) is 4.98 Å². The first-order chi connectivity index (χ1) is 14.6. The lowest BCUT2D eigenvalue weighted by molar-refractivity contribution is -0.157. The molecule has 1 aromatic heterocycles. The third-order valence-electron chi connectivity index (χ3n) is 7.05. The number of nitrogens with zero attached hydrogens (tertiary/aromatic N) is 2. The Bertz CT molecular complexity index is 742. The van der Waals surface area contributed by atoms with E-state index in [-0.39, 0.29) is 34.5 Å². The topological polar surface area (TPSA) is 62.6 Å². The lowest BCUT2D eigenvalue weighted by Crippen LogP contribution is -2.50. The average molecular weight is 499 g/mol. The second-order valence-electron chi connectivity index (χ2n) is 13.3. The first-order valence-electron chi connectivity index (χ1n) is 12.1. The Kier molecular flexibility index (Phi) is 9.79. The molecule has 0 saturated heterocycles. The molecule has 0 radical (unpaired) electrons. The van der Waals surface area contributed by atoms with Crippen molar-refractivity contribution in [1.82, 2.24) is 9.55 Å². The van der Waals surface area contributed by atoms with Crippen LogP contribution in [-0.4, -0.2) is 50.5 Å². The first-order valence-corrected chi connectivity index (χ1v) is 18.0. The molecule has 0 saturated carbocycles. The van der Waals surface area contributed by atoms with Gasteiger partial charge in [0, 0.05) is 24.9 Å². The smallest absolute Gasteiger partial charge is 0.306 e. The van der Waals surface area contributed by atoms with E-state index in [1.807, 2.05) is 31.5 Å². The Balaban J connectivity index is 3.29. The van der Waals surface area contributed by atoms with Crippen molar-refractivity contribution in [3.8, 4) is 0 Å². The molecule has 0 amide bonds. The molecular formula is C25H50N2O4Si2. The SMILES string of the molecule is CC(C)(C)OC(=O)C[C@@H](Cn1ccnc1)[C@@H](CO[Si](C)(C)C(C)(C)C)O[Si](C)(C)C(C)(C)C. The van der Waals surface area contributed by atoms with Gasteiger partial charge in [-0.05, 0) is 57.0 Å². The van der Waals surface area contributed by atoms with E-state index in [1.54, 1.807) is 12.5 Å². The van der Waals surface area contributed by atoms with Crippen molar-refractivity contribution in [2.24, 2.45) is 5.92 Å². The molecule has 0 aliphatic carbocycles. The summed E-state index contributed by atoms with van der Waals surface area (Å²) in [6.07, 6.45) is 5.55. The van der Waals surface area contributed by atoms with Crippen molar-refractivity contribution in [1.29, 1.82) is 0 Å². The maximum absolute atomic E-state index is 12.9. The summed E-state index contributed by atoms with van der Waals surface area (Å²) in [5.41, 5.74) is -0.524. The summed E-state index contributed by atoms with van der Waals surface area (Å²) in [6, 6.07) is 0. The van der Waals surface area contributed by atoms with Gasteiger partial charge in [0.15, 0.2) is 16.6 Å². The minimum absolute atomic E-state index is 0.0493. The largest absolute Gasteiger partial charge is 0.460 e. The Morgan fingerprint density at radius 2 is 1.48 bits per heavy atom. The average Bonchev–Trinajstić information content (AvgIpc) is 3.07. The zero-order chi connectivity index (χ0) is 25.9. The lowest BCUT2D eigenvalue weighted by Gasteiger charge is -2.43. The van der Waals surface area contributed by atoms with Crippen LogP contribution in [0, 0.1) is 5.92 Å². The normalized spacial score (nSPS) is 15.9. The summed E-state index contributed by atoms with van der Waals surface area (Å²) in [4.78, 5) is 17.1. The summed E-state index contributed by atoms with van der Waals surface area (Å²) in [5.74, 6) is -0.295. The molecule has 0 fully saturated rings. The summed E-state index contributed by atoms with van der Waals surface area (Å²) < 4.78 is 21.3. The summed E-state index contributed by atoms with van der Waals surface area (Å²) in [6.45, 7) is 29.3. The molecular weight excluding hydrogens is 448 g/mol. The van der Waals surface area contributed by atoms with Crippen molar-refractivity contribution in [3.05, 3.63) is 18.7 Å². The molecule has 1 aromatic rings. The molecule has 0 unspecified atom stereocenters. The van der Waals surface area contributed by atoms with Crippen LogP contribution in [0.5, 0.6) is 0 Å². The van der Waals surface area contributed by atoms with E-state index in [0.29, 0.717) is 13.2 Å². The Morgan fingerprint density at radius 3 is 1.91 bits per heavy atom. The van der Waals surface area contributed by atoms with E-state index in [0.717, 1.165) is 0 Å². The van der Waals surface area contributed by atoms with Crippen molar-refractivity contribution in [3.63, 3.8) is 0 Å². The van der Waals surface area contributed by atoms with Crippen molar-refractivity contribution in [2.75, 3.05) is 6.61 Å². The fourth-order valence-electron chi connectivity index (χ4n) is 2.90. The van der Waals surface area contributed by atoms with E-state index in [4.69, 9.17) is 13.6 Å². The number of hydrogen-bond acceptors (Lipinski definition) is 5. The van der Waals surface area contributed by atoms with Crippen LogP contribution in [0.15, 0.2) is 18.7 Å². The number of ether oxygens (including phenoxy) is 1. The number of carbonyl (C=O) groups excluding carboxylic acids is 1. The van der Waals surface area contributed by atoms with Crippen molar-refractivity contribution < 1.29 is 18.4 Å². The van der Waals surface area contributed by atoms with Crippen LogP contribution in [0.1, 0.15) is 68.7 Å². The van der Waals surface area contributed by atoms with Crippen LogP contribution in [0.4, 0.5) is 0 Å². The van der Waals surface area contributed by atoms with Gasteiger partial charge in [0.05, 0.1) is 25.5 Å². The van der Waals surface area contributed by atoms with Crippen molar-refractivity contribution in [2.45, 2.75) is 123 Å². The van der Waals surface area contributed by atoms with Crippen LogP contribution >= 0.6 is 0 Å². The Hall–Kier alpha value is -0.966. The molecule has 2 atom stereocenters. The highest BCUT2D eigenvalue weighted by Crippen LogP contribution is 2.40. The van der Waals surface area contributed by atoms with Gasteiger partial charge in [-0.15, -0.1) is 0 Å². The fraction of sp³-hybridized carbons (Fsp3) is 0.840. The van der Waals surface area contributed by atoms with E-state index < -0.39 is 22.2 Å². The van der Waals surface area contributed by atoms with Gasteiger partial charge in [0.25, 0.3) is 0 Å². The second-order valence-corrected chi connectivity index (χ2v) is 22.9. The van der Waals surface area contributed by atoms with Crippen LogP contribution in [-0.2, 0) is 24.9 Å². The Morgan fingerprint density at radius 1 is 0.939 bits per heavy atom. The molecule has 33 heavy (non-hydrogen) atoms. The first kappa shape index (κ1) is 30.1. The van der Waals surface area contributed by atoms with Gasteiger partial charge in [0.1, 0.15) is 5.60 Å². The number of rotatable bonds is 10. The molecule has 1 rings (SSSR count). The standard InChI is InChI=1S/C25H50N2O4Si2/c1-23(2,3)30-22(28)16-20(17-27-15-14-26-19-27)21(31-33(12,13)25(7,8)9)18-29-32(10,11)24(4,5)6/h14-15,19-21H,16-18H2,1-13H3/t20-,21+/m0/s1. The van der Waals surface area contributed by atoms with Crippen molar-refractivity contribution >= 4 is 22.6 Å². The van der Waals surface area contributed by atoms with Gasteiger partial charge in [-0.2, -0.15) is 0 Å². The summed E-state index contributed by atoms with van der Waals surface area (Å²) in [5, 5.41) is 0.146. The number of aromatic nitrogens is 2. The minimum Gasteiger partial charge on any atom is -0.460 e. The second kappa shape index (κ2) is 10.7. The van der Waals surface area contributed by atoms with Gasteiger partial charge in [-0.3, -0.25) is 4.79 Å². The van der Waals surface area contributed by atoms with Gasteiger partial charge >= 0.3 is 5.97 Å². The number of imidazole rings is 1. The molecule has 0 aliphatic heterocycles. The predicted octanol–water partition coefficient (Wildman–Crippen LogP) is 6.64. The number of carbonyl (C=O) groups is 1. The molecule has 0 aliphatic rings. The highest BCUT2D eigenvalue weighted by atomic mass is 28.4. The molecule has 0 aromatic carbocycles. The Labute approximate surface area is 205 Å².